The van der Waals surface area contributed by atoms with E-state index in [0.29, 0.717) is 47.1 Å². The van der Waals surface area contributed by atoms with E-state index in [1.54, 1.807) is 18.2 Å². The predicted molar refractivity (Wildman–Crippen MR) is 159 cm³/mol. The summed E-state index contributed by atoms with van der Waals surface area (Å²) < 4.78 is 1.88. The number of benzene rings is 2. The Morgan fingerprint density at radius 2 is 1.85 bits per heavy atom. The van der Waals surface area contributed by atoms with Crippen molar-refractivity contribution in [1.82, 2.24) is 29.5 Å². The molecule has 0 radical (unpaired) electrons. The molecular weight excluding hydrogens is 516 g/mol. The summed E-state index contributed by atoms with van der Waals surface area (Å²) in [4.78, 5) is 39.1. The summed E-state index contributed by atoms with van der Waals surface area (Å²) in [6.07, 6.45) is 8.02. The molecular formula is C31H34N8O2. The maximum Gasteiger partial charge on any atom is 0.255 e. The van der Waals surface area contributed by atoms with Gasteiger partial charge in [0.2, 0.25) is 5.91 Å². The maximum atomic E-state index is 13.4. The molecule has 3 heterocycles. The second-order valence-electron chi connectivity index (χ2n) is 11.1. The molecule has 3 unspecified atom stereocenters. The van der Waals surface area contributed by atoms with Crippen LogP contribution in [0.3, 0.4) is 0 Å². The normalized spacial score (nSPS) is 20.3. The summed E-state index contributed by atoms with van der Waals surface area (Å²) in [7, 11) is 3.95. The Morgan fingerprint density at radius 1 is 1.07 bits per heavy atom. The molecule has 2 aromatic carbocycles. The molecule has 210 valence electrons. The molecule has 10 nitrogen and oxygen atoms in total. The van der Waals surface area contributed by atoms with Crippen molar-refractivity contribution in [3.8, 4) is 11.3 Å². The summed E-state index contributed by atoms with van der Waals surface area (Å²) in [6.45, 7) is 1.39. The van der Waals surface area contributed by atoms with Crippen LogP contribution in [0.1, 0.15) is 35.8 Å². The van der Waals surface area contributed by atoms with Crippen LogP contribution in [0, 0.1) is 11.8 Å². The van der Waals surface area contributed by atoms with Crippen LogP contribution in [-0.2, 0) is 4.79 Å². The van der Waals surface area contributed by atoms with Crippen LogP contribution in [-0.4, -0.2) is 68.5 Å². The maximum absolute atomic E-state index is 13.4. The average molecular weight is 551 g/mol. The Labute approximate surface area is 238 Å². The van der Waals surface area contributed by atoms with Crippen molar-refractivity contribution < 1.29 is 9.59 Å². The lowest BCUT2D eigenvalue weighted by atomic mass is 9.98. The summed E-state index contributed by atoms with van der Waals surface area (Å²) in [6, 6.07) is 16.6. The third-order valence-corrected chi connectivity index (χ3v) is 8.09. The summed E-state index contributed by atoms with van der Waals surface area (Å²) in [5.74, 6) is 0.822. The number of rotatable bonds is 7. The van der Waals surface area contributed by atoms with Crippen molar-refractivity contribution in [3.05, 3.63) is 78.6 Å². The number of nitrogens with one attached hydrogen (secondary N) is 1. The van der Waals surface area contributed by atoms with E-state index in [2.05, 4.69) is 15.3 Å². The second kappa shape index (κ2) is 11.1. The number of amides is 2. The van der Waals surface area contributed by atoms with Crippen LogP contribution < -0.4 is 11.1 Å². The van der Waals surface area contributed by atoms with E-state index in [0.717, 1.165) is 30.5 Å². The highest BCUT2D eigenvalue weighted by Gasteiger charge is 2.47. The highest BCUT2D eigenvalue weighted by molar-refractivity contribution is 6.05. The minimum absolute atomic E-state index is 0.0211. The molecule has 1 aliphatic carbocycles. The molecule has 4 aromatic rings. The lowest BCUT2D eigenvalue weighted by molar-refractivity contribution is -0.129. The number of aromatic nitrogens is 4. The van der Waals surface area contributed by atoms with E-state index in [1.165, 1.54) is 6.33 Å². The van der Waals surface area contributed by atoms with Gasteiger partial charge in [-0.2, -0.15) is 5.10 Å². The summed E-state index contributed by atoms with van der Waals surface area (Å²) in [5, 5.41) is 8.61. The van der Waals surface area contributed by atoms with Crippen LogP contribution in [0.2, 0.25) is 0 Å². The Bertz CT molecular complexity index is 1600. The van der Waals surface area contributed by atoms with Gasteiger partial charge in [-0.1, -0.05) is 42.8 Å². The fraction of sp³-hybridized carbons (Fsp3) is 0.323. The van der Waals surface area contributed by atoms with Gasteiger partial charge in [0.05, 0.1) is 5.39 Å². The highest BCUT2D eigenvalue weighted by Crippen LogP contribution is 2.48. The van der Waals surface area contributed by atoms with E-state index < -0.39 is 0 Å². The fourth-order valence-corrected chi connectivity index (χ4v) is 6.16. The number of hydrogen-bond donors (Lipinski definition) is 2. The van der Waals surface area contributed by atoms with Crippen molar-refractivity contribution in [2.45, 2.75) is 25.4 Å². The Hall–Kier alpha value is -4.57. The number of nitrogens with two attached hydrogens (primary N) is 1. The molecule has 3 N–H and O–H groups in total. The molecule has 6 rings (SSSR count). The standard InChI is InChI=1S/C31H34N8O2/c1-37(2)17-7-12-25(40)38-18-22-8-6-11-24(22)31(38)39-29-26(28(32)33-19-34-29)27(36-39)20-13-15-21(16-14-20)30(41)35-23-9-4-3-5-10-23/h3-5,7,9-10,12-16,19,22,24,31H,6,8,11,17-18H2,1-2H3,(H,35,41)(H2,32,33,34)/b12-7+. The molecule has 0 bridgehead atoms. The van der Waals surface area contributed by atoms with Crippen LogP contribution in [0.4, 0.5) is 11.5 Å². The average Bonchev–Trinajstić information content (AvgIpc) is 3.67. The largest absolute Gasteiger partial charge is 0.383 e. The number of likely N-dealkylation sites (N-methyl/N-ethyl adjacent to an activating group) is 1. The molecule has 2 fully saturated rings. The molecule has 1 saturated carbocycles. The Balaban J connectivity index is 1.36. The fourth-order valence-electron chi connectivity index (χ4n) is 6.16. The second-order valence-corrected chi connectivity index (χ2v) is 11.1. The topological polar surface area (TPSA) is 122 Å². The Morgan fingerprint density at radius 3 is 2.61 bits per heavy atom. The van der Waals surface area contributed by atoms with Gasteiger partial charge in [-0.25, -0.2) is 14.6 Å². The predicted octanol–water partition coefficient (Wildman–Crippen LogP) is 4.20. The number of hydrogen-bond acceptors (Lipinski definition) is 7. The first-order valence-corrected chi connectivity index (χ1v) is 14.0. The number of carbonyl (C=O) groups is 2. The molecule has 41 heavy (non-hydrogen) atoms. The van der Waals surface area contributed by atoms with E-state index >= 15 is 0 Å². The summed E-state index contributed by atoms with van der Waals surface area (Å²) >= 11 is 0. The molecule has 10 heteroatoms. The highest BCUT2D eigenvalue weighted by atomic mass is 16.2. The smallest absolute Gasteiger partial charge is 0.255 e. The number of likely N-dealkylation sites (tertiary alicyclic amines) is 1. The molecule has 1 aliphatic heterocycles. The summed E-state index contributed by atoms with van der Waals surface area (Å²) in [5.41, 5.74) is 9.68. The number of para-hydroxylation sites is 1. The zero-order chi connectivity index (χ0) is 28.5. The van der Waals surface area contributed by atoms with Crippen LogP contribution >= 0.6 is 0 Å². The van der Waals surface area contributed by atoms with Gasteiger partial charge in [0.1, 0.15) is 24.0 Å². The van der Waals surface area contributed by atoms with Crippen molar-refractivity contribution in [2.75, 3.05) is 38.2 Å². The first-order chi connectivity index (χ1) is 19.9. The van der Waals surface area contributed by atoms with E-state index in [-0.39, 0.29) is 23.9 Å². The van der Waals surface area contributed by atoms with Crippen molar-refractivity contribution in [2.24, 2.45) is 11.8 Å². The monoisotopic (exact) mass is 550 g/mol. The van der Waals surface area contributed by atoms with E-state index in [9.17, 15) is 9.59 Å². The van der Waals surface area contributed by atoms with Gasteiger partial charge in [-0.05, 0) is 57.1 Å². The lowest BCUT2D eigenvalue weighted by Crippen LogP contribution is -2.35. The molecule has 0 spiro atoms. The third-order valence-electron chi connectivity index (χ3n) is 8.09. The SMILES string of the molecule is CN(C)C/C=C/C(=O)N1CC2CCCC2C1n1nc(-c2ccc(C(=O)Nc3ccccc3)cc2)c2c(N)ncnc21. The first-order valence-electron chi connectivity index (χ1n) is 14.0. The number of anilines is 2. The third kappa shape index (κ3) is 5.18. The zero-order valence-corrected chi connectivity index (χ0v) is 23.3. The van der Waals surface area contributed by atoms with Gasteiger partial charge in [0.15, 0.2) is 5.65 Å². The minimum atomic E-state index is -0.263. The van der Waals surface area contributed by atoms with Gasteiger partial charge in [0.25, 0.3) is 5.91 Å². The van der Waals surface area contributed by atoms with Crippen LogP contribution in [0.25, 0.3) is 22.3 Å². The van der Waals surface area contributed by atoms with Crippen LogP contribution in [0.15, 0.2) is 73.1 Å². The van der Waals surface area contributed by atoms with Gasteiger partial charge < -0.3 is 20.9 Å². The van der Waals surface area contributed by atoms with Gasteiger partial charge in [-0.3, -0.25) is 9.59 Å². The zero-order valence-electron chi connectivity index (χ0n) is 23.3. The molecule has 2 amide bonds. The lowest BCUT2D eigenvalue weighted by Gasteiger charge is -2.27. The number of nitrogens with zero attached hydrogens (tertiary/aromatic N) is 6. The molecule has 3 atom stereocenters. The van der Waals surface area contributed by atoms with Crippen molar-refractivity contribution in [3.63, 3.8) is 0 Å². The molecule has 2 aliphatic rings. The number of fused-ring (bicyclic) bond motifs is 2. The number of carbonyl (C=O) groups excluding carboxylic acids is 2. The van der Waals surface area contributed by atoms with Crippen molar-refractivity contribution >= 4 is 34.4 Å². The van der Waals surface area contributed by atoms with Gasteiger partial charge in [0, 0.05) is 41.9 Å². The van der Waals surface area contributed by atoms with E-state index in [4.69, 9.17) is 10.8 Å². The van der Waals surface area contributed by atoms with Gasteiger partial charge in [-0.15, -0.1) is 0 Å². The molecule has 1 saturated heterocycles. The Kier molecular flexibility index (Phi) is 7.23. The quantitative estimate of drug-likeness (QED) is 0.331. The van der Waals surface area contributed by atoms with Crippen molar-refractivity contribution in [1.29, 1.82) is 0 Å². The minimum Gasteiger partial charge on any atom is -0.383 e. The van der Waals surface area contributed by atoms with E-state index in [1.807, 2.05) is 77.1 Å². The first kappa shape index (κ1) is 26.6. The van der Waals surface area contributed by atoms with Gasteiger partial charge >= 0.3 is 0 Å². The van der Waals surface area contributed by atoms with Crippen LogP contribution in [0.5, 0.6) is 0 Å². The number of nitrogen functional groups attached to an aromatic ring is 1. The molecule has 2 aromatic heterocycles.